The third kappa shape index (κ3) is 2.12. The van der Waals surface area contributed by atoms with Gasteiger partial charge in [-0.3, -0.25) is 0 Å². The standard InChI is InChI=1S/C13H12S/c1-11(13-7-8-14-10-13)9-12-5-3-2-4-6-12/h2-10H,1H3. The molecule has 70 valence electrons. The van der Waals surface area contributed by atoms with Gasteiger partial charge in [-0.15, -0.1) is 0 Å². The van der Waals surface area contributed by atoms with E-state index in [1.54, 1.807) is 11.3 Å². The van der Waals surface area contributed by atoms with E-state index in [0.717, 1.165) is 0 Å². The van der Waals surface area contributed by atoms with Crippen molar-refractivity contribution < 1.29 is 0 Å². The highest BCUT2D eigenvalue weighted by molar-refractivity contribution is 7.08. The van der Waals surface area contributed by atoms with Crippen molar-refractivity contribution in [3.63, 3.8) is 0 Å². The first kappa shape index (κ1) is 9.22. The summed E-state index contributed by atoms with van der Waals surface area (Å²) in [5, 5.41) is 4.28. The van der Waals surface area contributed by atoms with Crippen LogP contribution in [0.5, 0.6) is 0 Å². The first-order valence-corrected chi connectivity index (χ1v) is 5.56. The molecular formula is C13H12S. The highest BCUT2D eigenvalue weighted by Gasteiger charge is 1.95. The Balaban J connectivity index is 2.28. The molecule has 1 heteroatoms. The second-order valence-corrected chi connectivity index (χ2v) is 4.03. The van der Waals surface area contributed by atoms with Gasteiger partial charge in [0.25, 0.3) is 0 Å². The summed E-state index contributed by atoms with van der Waals surface area (Å²) in [5.41, 5.74) is 3.90. The molecule has 0 spiro atoms. The third-order valence-electron chi connectivity index (χ3n) is 2.16. The maximum Gasteiger partial charge on any atom is -0.00181 e. The van der Waals surface area contributed by atoms with Gasteiger partial charge in [-0.1, -0.05) is 36.4 Å². The molecule has 1 aromatic heterocycles. The van der Waals surface area contributed by atoms with Crippen molar-refractivity contribution in [2.24, 2.45) is 0 Å². The number of thiophene rings is 1. The van der Waals surface area contributed by atoms with E-state index in [-0.39, 0.29) is 0 Å². The lowest BCUT2D eigenvalue weighted by molar-refractivity contribution is 1.63. The predicted octanol–water partition coefficient (Wildman–Crippen LogP) is 4.31. The van der Waals surface area contributed by atoms with Gasteiger partial charge in [-0.05, 0) is 40.5 Å². The van der Waals surface area contributed by atoms with E-state index in [4.69, 9.17) is 0 Å². The summed E-state index contributed by atoms with van der Waals surface area (Å²) in [6.45, 7) is 2.15. The summed E-state index contributed by atoms with van der Waals surface area (Å²) in [4.78, 5) is 0. The third-order valence-corrected chi connectivity index (χ3v) is 2.84. The molecule has 0 saturated heterocycles. The van der Waals surface area contributed by atoms with Gasteiger partial charge in [-0.25, -0.2) is 0 Å². The normalized spacial score (nSPS) is 11.6. The minimum Gasteiger partial charge on any atom is -0.152 e. The highest BCUT2D eigenvalue weighted by Crippen LogP contribution is 2.19. The van der Waals surface area contributed by atoms with Crippen LogP contribution in [0.4, 0.5) is 0 Å². The van der Waals surface area contributed by atoms with Crippen molar-refractivity contribution in [2.75, 3.05) is 0 Å². The molecule has 14 heavy (non-hydrogen) atoms. The SMILES string of the molecule is CC(=Cc1ccccc1)c1ccsc1. The maximum atomic E-state index is 2.21. The van der Waals surface area contributed by atoms with Gasteiger partial charge in [0, 0.05) is 0 Å². The Morgan fingerprint density at radius 1 is 1.14 bits per heavy atom. The van der Waals surface area contributed by atoms with Crippen LogP contribution in [0.1, 0.15) is 18.1 Å². The fourth-order valence-electron chi connectivity index (χ4n) is 1.37. The Bertz CT molecular complexity index is 410. The van der Waals surface area contributed by atoms with Crippen LogP contribution in [0.15, 0.2) is 47.2 Å². The van der Waals surface area contributed by atoms with E-state index in [2.05, 4.69) is 54.1 Å². The smallest absolute Gasteiger partial charge is 0.00181 e. The molecule has 0 amide bonds. The Kier molecular flexibility index (Phi) is 2.80. The fourth-order valence-corrected chi connectivity index (χ4v) is 2.09. The van der Waals surface area contributed by atoms with Crippen molar-refractivity contribution in [1.29, 1.82) is 0 Å². The van der Waals surface area contributed by atoms with E-state index >= 15 is 0 Å². The van der Waals surface area contributed by atoms with Crippen molar-refractivity contribution >= 4 is 23.0 Å². The van der Waals surface area contributed by atoms with Crippen molar-refractivity contribution in [3.8, 4) is 0 Å². The molecule has 0 atom stereocenters. The monoisotopic (exact) mass is 200 g/mol. The van der Waals surface area contributed by atoms with Crippen molar-refractivity contribution in [2.45, 2.75) is 6.92 Å². The summed E-state index contributed by atoms with van der Waals surface area (Å²) < 4.78 is 0. The van der Waals surface area contributed by atoms with E-state index in [1.165, 1.54) is 16.7 Å². The molecule has 2 aromatic rings. The number of rotatable bonds is 2. The van der Waals surface area contributed by atoms with E-state index in [0.29, 0.717) is 0 Å². The Morgan fingerprint density at radius 2 is 1.93 bits per heavy atom. The highest BCUT2D eigenvalue weighted by atomic mass is 32.1. The molecule has 1 aromatic carbocycles. The summed E-state index contributed by atoms with van der Waals surface area (Å²) >= 11 is 1.74. The fraction of sp³-hybridized carbons (Fsp3) is 0.0769. The van der Waals surface area contributed by atoms with Crippen molar-refractivity contribution in [3.05, 3.63) is 58.3 Å². The predicted molar refractivity (Wildman–Crippen MR) is 64.3 cm³/mol. The molecule has 0 bridgehead atoms. The average Bonchev–Trinajstić information content (AvgIpc) is 2.72. The molecule has 0 aliphatic heterocycles. The quantitative estimate of drug-likeness (QED) is 0.677. The first-order chi connectivity index (χ1) is 6.86. The van der Waals surface area contributed by atoms with Gasteiger partial charge >= 0.3 is 0 Å². The number of hydrogen-bond acceptors (Lipinski definition) is 1. The zero-order valence-electron chi connectivity index (χ0n) is 8.10. The van der Waals surface area contributed by atoms with Crippen LogP contribution in [-0.2, 0) is 0 Å². The zero-order chi connectivity index (χ0) is 9.80. The van der Waals surface area contributed by atoms with Gasteiger partial charge in [0.1, 0.15) is 0 Å². The Morgan fingerprint density at radius 3 is 2.57 bits per heavy atom. The van der Waals surface area contributed by atoms with Gasteiger partial charge in [0.15, 0.2) is 0 Å². The Labute approximate surface area is 88.5 Å². The van der Waals surface area contributed by atoms with E-state index in [9.17, 15) is 0 Å². The minimum atomic E-state index is 1.26. The molecule has 0 aliphatic carbocycles. The molecule has 0 unspecified atom stereocenters. The van der Waals surface area contributed by atoms with Crippen LogP contribution in [0.3, 0.4) is 0 Å². The van der Waals surface area contributed by atoms with E-state index < -0.39 is 0 Å². The molecule has 0 N–H and O–H groups in total. The van der Waals surface area contributed by atoms with Crippen LogP contribution < -0.4 is 0 Å². The largest absolute Gasteiger partial charge is 0.152 e. The number of allylic oxidation sites excluding steroid dienone is 1. The summed E-state index contributed by atoms with van der Waals surface area (Å²) in [7, 11) is 0. The molecule has 0 aliphatic rings. The van der Waals surface area contributed by atoms with Crippen molar-refractivity contribution in [1.82, 2.24) is 0 Å². The molecule has 0 fully saturated rings. The lowest BCUT2D eigenvalue weighted by Crippen LogP contribution is -1.74. The molecular weight excluding hydrogens is 188 g/mol. The average molecular weight is 200 g/mol. The van der Waals surface area contributed by atoms with Crippen LogP contribution >= 0.6 is 11.3 Å². The summed E-state index contributed by atoms with van der Waals surface area (Å²) in [6.07, 6.45) is 2.21. The second kappa shape index (κ2) is 4.25. The second-order valence-electron chi connectivity index (χ2n) is 3.25. The first-order valence-electron chi connectivity index (χ1n) is 4.62. The van der Waals surface area contributed by atoms with Crippen LogP contribution in [0.25, 0.3) is 11.6 Å². The zero-order valence-corrected chi connectivity index (χ0v) is 8.92. The van der Waals surface area contributed by atoms with Crippen LogP contribution in [0.2, 0.25) is 0 Å². The molecule has 0 radical (unpaired) electrons. The molecule has 1 heterocycles. The minimum absolute atomic E-state index is 1.26. The Hall–Kier alpha value is -1.34. The van der Waals surface area contributed by atoms with Gasteiger partial charge in [0.05, 0.1) is 0 Å². The number of hydrogen-bond donors (Lipinski definition) is 0. The molecule has 0 nitrogen and oxygen atoms in total. The van der Waals surface area contributed by atoms with Crippen LogP contribution in [-0.4, -0.2) is 0 Å². The lowest BCUT2D eigenvalue weighted by Gasteiger charge is -1.97. The van der Waals surface area contributed by atoms with E-state index in [1.807, 2.05) is 6.07 Å². The topological polar surface area (TPSA) is 0 Å². The van der Waals surface area contributed by atoms with Gasteiger partial charge in [0.2, 0.25) is 0 Å². The van der Waals surface area contributed by atoms with Gasteiger partial charge < -0.3 is 0 Å². The molecule has 0 saturated carbocycles. The summed E-state index contributed by atoms with van der Waals surface area (Å²) in [6, 6.07) is 12.6. The van der Waals surface area contributed by atoms with Crippen LogP contribution in [0, 0.1) is 0 Å². The lowest BCUT2D eigenvalue weighted by atomic mass is 10.1. The summed E-state index contributed by atoms with van der Waals surface area (Å²) in [5.74, 6) is 0. The van der Waals surface area contributed by atoms with Gasteiger partial charge in [-0.2, -0.15) is 11.3 Å². The molecule has 2 rings (SSSR count). The maximum absolute atomic E-state index is 2.21. The number of benzene rings is 1.